The van der Waals surface area contributed by atoms with Gasteiger partial charge in [0.15, 0.2) is 0 Å². The Hall–Kier alpha value is -2.37. The van der Waals surface area contributed by atoms with Crippen LogP contribution in [0.15, 0.2) is 41.2 Å². The number of carbonyl (C=O) groups excluding carboxylic acids is 1. The Morgan fingerprint density at radius 2 is 1.75 bits per heavy atom. The van der Waals surface area contributed by atoms with Crippen molar-refractivity contribution in [1.29, 1.82) is 0 Å². The Kier molecular flexibility index (Phi) is 5.95. The molecule has 1 aromatic carbocycles. The van der Waals surface area contributed by atoms with E-state index >= 15 is 0 Å². The number of carbonyl (C=O) groups is 1. The predicted molar refractivity (Wildman–Crippen MR) is 129 cm³/mol. The largest absolute Gasteiger partial charge is 0.343 e. The summed E-state index contributed by atoms with van der Waals surface area (Å²) in [5.41, 5.74) is 3.53. The van der Waals surface area contributed by atoms with Gasteiger partial charge in [-0.2, -0.15) is 0 Å². The zero-order valence-electron chi connectivity index (χ0n) is 18.5. The molecule has 0 N–H and O–H groups in total. The van der Waals surface area contributed by atoms with Crippen molar-refractivity contribution in [2.45, 2.75) is 44.7 Å². The SMILES string of the molecule is CC(=O)N1CCC(N2CC3CC(C2)c2c(C=Cc4ccc(Cl)cc4)ccc(=O)n2C3)CC1. The molecule has 0 radical (unpaired) electrons. The van der Waals surface area contributed by atoms with Crippen LogP contribution in [0.5, 0.6) is 0 Å². The van der Waals surface area contributed by atoms with Crippen molar-refractivity contribution in [2.75, 3.05) is 26.2 Å². The second kappa shape index (κ2) is 8.87. The van der Waals surface area contributed by atoms with Crippen molar-refractivity contribution in [3.05, 3.63) is 68.6 Å². The molecule has 3 aliphatic heterocycles. The summed E-state index contributed by atoms with van der Waals surface area (Å²) in [5, 5.41) is 0.730. The minimum absolute atomic E-state index is 0.113. The molecule has 2 unspecified atom stereocenters. The van der Waals surface area contributed by atoms with Crippen molar-refractivity contribution < 1.29 is 4.79 Å². The number of amides is 1. The van der Waals surface area contributed by atoms with Crippen LogP contribution < -0.4 is 5.56 Å². The molecular formula is C26H30ClN3O2. The van der Waals surface area contributed by atoms with Gasteiger partial charge in [-0.1, -0.05) is 35.9 Å². The highest BCUT2D eigenvalue weighted by Crippen LogP contribution is 2.39. The first kappa shape index (κ1) is 21.5. The summed E-state index contributed by atoms with van der Waals surface area (Å²) in [4.78, 5) is 29.0. The van der Waals surface area contributed by atoms with Crippen LogP contribution in [0.1, 0.15) is 48.9 Å². The minimum Gasteiger partial charge on any atom is -0.343 e. The average molecular weight is 452 g/mol. The number of rotatable bonds is 3. The number of fused-ring (bicyclic) bond motifs is 4. The van der Waals surface area contributed by atoms with Crippen LogP contribution in [0.25, 0.3) is 12.2 Å². The highest BCUT2D eigenvalue weighted by Gasteiger charge is 2.38. The van der Waals surface area contributed by atoms with Gasteiger partial charge in [0.05, 0.1) is 0 Å². The number of pyridine rings is 1. The van der Waals surface area contributed by atoms with E-state index in [4.69, 9.17) is 11.6 Å². The van der Waals surface area contributed by atoms with Crippen molar-refractivity contribution in [3.63, 3.8) is 0 Å². The maximum Gasteiger partial charge on any atom is 0.250 e. The third kappa shape index (κ3) is 4.28. The van der Waals surface area contributed by atoms with Crippen molar-refractivity contribution in [3.8, 4) is 0 Å². The predicted octanol–water partition coefficient (Wildman–Crippen LogP) is 4.10. The summed E-state index contributed by atoms with van der Waals surface area (Å²) in [6.45, 7) is 6.23. The van der Waals surface area contributed by atoms with E-state index in [1.807, 2.05) is 39.8 Å². The van der Waals surface area contributed by atoms with Crippen molar-refractivity contribution >= 4 is 29.7 Å². The second-order valence-corrected chi connectivity index (χ2v) is 9.93. The van der Waals surface area contributed by atoms with E-state index in [9.17, 15) is 9.59 Å². The molecule has 1 amide bonds. The third-order valence-electron chi connectivity index (χ3n) is 7.40. The minimum atomic E-state index is 0.113. The van der Waals surface area contributed by atoms with Gasteiger partial charge in [-0.25, -0.2) is 0 Å². The van der Waals surface area contributed by atoms with Crippen molar-refractivity contribution in [1.82, 2.24) is 14.4 Å². The van der Waals surface area contributed by atoms with Gasteiger partial charge in [0.2, 0.25) is 5.91 Å². The molecular weight excluding hydrogens is 422 g/mol. The summed E-state index contributed by atoms with van der Waals surface area (Å²) in [7, 11) is 0. The summed E-state index contributed by atoms with van der Waals surface area (Å²) in [6.07, 6.45) is 7.47. The smallest absolute Gasteiger partial charge is 0.250 e. The lowest BCUT2D eigenvalue weighted by Gasteiger charge is -2.47. The van der Waals surface area contributed by atoms with Crippen LogP contribution >= 0.6 is 11.6 Å². The lowest BCUT2D eigenvalue weighted by molar-refractivity contribution is -0.130. The van der Waals surface area contributed by atoms with E-state index in [-0.39, 0.29) is 11.5 Å². The van der Waals surface area contributed by atoms with Crippen LogP contribution in [0.4, 0.5) is 0 Å². The molecule has 2 atom stereocenters. The van der Waals surface area contributed by atoms with E-state index in [1.165, 1.54) is 5.69 Å². The molecule has 2 fully saturated rings. The number of benzene rings is 1. The lowest BCUT2D eigenvalue weighted by atomic mass is 9.80. The first-order valence-electron chi connectivity index (χ1n) is 11.6. The number of halogens is 1. The number of hydrogen-bond acceptors (Lipinski definition) is 3. The molecule has 5 nitrogen and oxygen atoms in total. The third-order valence-corrected chi connectivity index (χ3v) is 7.65. The molecule has 2 saturated heterocycles. The summed E-state index contributed by atoms with van der Waals surface area (Å²) in [6, 6.07) is 12.0. The van der Waals surface area contributed by atoms with Gasteiger partial charge in [0.25, 0.3) is 5.56 Å². The van der Waals surface area contributed by atoms with Gasteiger partial charge in [-0.05, 0) is 54.5 Å². The molecule has 0 saturated carbocycles. The van der Waals surface area contributed by atoms with Crippen molar-refractivity contribution in [2.24, 2.45) is 5.92 Å². The van der Waals surface area contributed by atoms with E-state index < -0.39 is 0 Å². The number of nitrogens with zero attached hydrogens (tertiary/aromatic N) is 3. The van der Waals surface area contributed by atoms with E-state index in [0.29, 0.717) is 17.9 Å². The van der Waals surface area contributed by atoms with Gasteiger partial charge >= 0.3 is 0 Å². The quantitative estimate of drug-likeness (QED) is 0.705. The summed E-state index contributed by atoms with van der Waals surface area (Å²) in [5.74, 6) is 1.07. The maximum atomic E-state index is 12.7. The molecule has 0 spiro atoms. The number of likely N-dealkylation sites (tertiary alicyclic amines) is 2. The van der Waals surface area contributed by atoms with Gasteiger partial charge in [0, 0.05) is 68.4 Å². The normalized spacial score (nSPS) is 24.0. The van der Waals surface area contributed by atoms with E-state index in [2.05, 4.69) is 17.1 Å². The second-order valence-electron chi connectivity index (χ2n) is 9.50. The van der Waals surface area contributed by atoms with Gasteiger partial charge in [-0.3, -0.25) is 14.5 Å². The fourth-order valence-electron chi connectivity index (χ4n) is 5.83. The van der Waals surface area contributed by atoms with Gasteiger partial charge in [0.1, 0.15) is 0 Å². The molecule has 1 aromatic heterocycles. The maximum absolute atomic E-state index is 12.7. The van der Waals surface area contributed by atoms with Crippen LogP contribution in [0.3, 0.4) is 0 Å². The molecule has 2 bridgehead atoms. The Morgan fingerprint density at radius 3 is 2.47 bits per heavy atom. The summed E-state index contributed by atoms with van der Waals surface area (Å²) < 4.78 is 2.02. The highest BCUT2D eigenvalue weighted by atomic mass is 35.5. The molecule has 5 rings (SSSR count). The van der Waals surface area contributed by atoms with Crippen LogP contribution in [-0.2, 0) is 11.3 Å². The Labute approximate surface area is 194 Å². The first-order chi connectivity index (χ1) is 15.5. The first-order valence-corrected chi connectivity index (χ1v) is 12.0. The number of hydrogen-bond donors (Lipinski definition) is 0. The molecule has 168 valence electrons. The summed E-state index contributed by atoms with van der Waals surface area (Å²) >= 11 is 6.01. The molecule has 2 aromatic rings. The Bertz CT molecular complexity index is 1080. The molecule has 6 heteroatoms. The number of aromatic nitrogens is 1. The molecule has 4 heterocycles. The highest BCUT2D eigenvalue weighted by molar-refractivity contribution is 6.30. The fourth-order valence-corrected chi connectivity index (χ4v) is 5.96. The monoisotopic (exact) mass is 451 g/mol. The van der Waals surface area contributed by atoms with Crippen LogP contribution in [0, 0.1) is 5.92 Å². The van der Waals surface area contributed by atoms with E-state index in [0.717, 1.165) is 68.1 Å². The zero-order valence-corrected chi connectivity index (χ0v) is 19.3. The van der Waals surface area contributed by atoms with Gasteiger partial charge < -0.3 is 9.47 Å². The number of piperidine rings is 2. The van der Waals surface area contributed by atoms with Gasteiger partial charge in [-0.15, -0.1) is 0 Å². The molecule has 0 aliphatic carbocycles. The van der Waals surface area contributed by atoms with Crippen LogP contribution in [0.2, 0.25) is 5.02 Å². The fraction of sp³-hybridized carbons (Fsp3) is 0.462. The topological polar surface area (TPSA) is 45.6 Å². The molecule has 32 heavy (non-hydrogen) atoms. The zero-order chi connectivity index (χ0) is 22.2. The standard InChI is InChI=1S/C26H30ClN3O2/c1-18(31)28-12-10-24(11-13-28)29-15-20-14-22(17-29)26-21(6-9-25(32)30(26)16-20)5-2-19-3-7-23(27)8-4-19/h2-9,20,22,24H,10-17H2,1H3. The Balaban J connectivity index is 1.39. The van der Waals surface area contributed by atoms with Crippen LogP contribution in [-0.4, -0.2) is 52.5 Å². The lowest BCUT2D eigenvalue weighted by Crippen LogP contribution is -2.53. The average Bonchev–Trinajstić information content (AvgIpc) is 2.80. The Morgan fingerprint density at radius 1 is 1.00 bits per heavy atom. The van der Waals surface area contributed by atoms with E-state index in [1.54, 1.807) is 13.0 Å². The molecule has 3 aliphatic rings.